The third-order valence-electron chi connectivity index (χ3n) is 3.66. The van der Waals surface area contributed by atoms with Crippen LogP contribution in [0.4, 0.5) is 11.4 Å². The summed E-state index contributed by atoms with van der Waals surface area (Å²) in [5.74, 6) is -0.728. The van der Waals surface area contributed by atoms with Crippen LogP contribution in [0.25, 0.3) is 0 Å². The first-order valence-electron chi connectivity index (χ1n) is 8.49. The van der Waals surface area contributed by atoms with Crippen molar-refractivity contribution in [2.75, 3.05) is 18.4 Å². The molecule has 1 amide bonds. The Morgan fingerprint density at radius 1 is 1.04 bits per heavy atom. The van der Waals surface area contributed by atoms with E-state index < -0.39 is 10.9 Å². The van der Waals surface area contributed by atoms with Gasteiger partial charge in [0.25, 0.3) is 5.69 Å². The van der Waals surface area contributed by atoms with Gasteiger partial charge in [0.1, 0.15) is 13.2 Å². The Labute approximate surface area is 156 Å². The molecule has 0 atom stereocenters. The van der Waals surface area contributed by atoms with E-state index in [1.54, 1.807) is 12.1 Å². The number of carbonyl (C=O) groups is 2. The number of hydrogen-bond acceptors (Lipinski definition) is 6. The van der Waals surface area contributed by atoms with Crippen LogP contribution < -0.4 is 10.6 Å². The molecule has 0 fully saturated rings. The average molecular weight is 371 g/mol. The van der Waals surface area contributed by atoms with Crippen LogP contribution in [0.5, 0.6) is 0 Å². The van der Waals surface area contributed by atoms with Crippen LogP contribution in [0.1, 0.15) is 18.4 Å². The number of nitro benzene ring substituents is 1. The van der Waals surface area contributed by atoms with Gasteiger partial charge in [-0.3, -0.25) is 19.7 Å². The molecule has 0 aliphatic heterocycles. The van der Waals surface area contributed by atoms with Gasteiger partial charge in [-0.05, 0) is 24.1 Å². The minimum atomic E-state index is -0.490. The Balaban J connectivity index is 1.56. The van der Waals surface area contributed by atoms with E-state index in [1.165, 1.54) is 12.1 Å². The highest BCUT2D eigenvalue weighted by atomic mass is 16.6. The molecule has 2 N–H and O–H groups in total. The number of amides is 1. The van der Waals surface area contributed by atoms with Gasteiger partial charge in [0.15, 0.2) is 0 Å². The molecule has 0 saturated carbocycles. The van der Waals surface area contributed by atoms with Crippen molar-refractivity contribution in [3.8, 4) is 0 Å². The molecule has 0 aromatic heterocycles. The number of nitro groups is 1. The van der Waals surface area contributed by atoms with Gasteiger partial charge in [-0.2, -0.15) is 0 Å². The molecule has 0 unspecified atom stereocenters. The topological polar surface area (TPSA) is 111 Å². The SMILES string of the molecule is O=C(CCCNc1ccc([N+](=O)[O-])cc1)NCC(=O)OCc1ccccc1. The summed E-state index contributed by atoms with van der Waals surface area (Å²) < 4.78 is 5.07. The van der Waals surface area contributed by atoms with Crippen LogP contribution in [0.2, 0.25) is 0 Å². The van der Waals surface area contributed by atoms with E-state index >= 15 is 0 Å². The first-order valence-corrected chi connectivity index (χ1v) is 8.49. The van der Waals surface area contributed by atoms with Gasteiger partial charge in [-0.15, -0.1) is 0 Å². The lowest BCUT2D eigenvalue weighted by Crippen LogP contribution is -2.30. The fraction of sp³-hybridized carbons (Fsp3) is 0.263. The summed E-state index contributed by atoms with van der Waals surface area (Å²) in [6, 6.07) is 15.3. The van der Waals surface area contributed by atoms with Crippen molar-refractivity contribution in [2.24, 2.45) is 0 Å². The second-order valence-corrected chi connectivity index (χ2v) is 5.76. The zero-order valence-electron chi connectivity index (χ0n) is 14.7. The summed E-state index contributed by atoms with van der Waals surface area (Å²) in [5.41, 5.74) is 1.65. The molecule has 8 nitrogen and oxygen atoms in total. The van der Waals surface area contributed by atoms with Crippen LogP contribution in [0, 0.1) is 10.1 Å². The molecular formula is C19H21N3O5. The quantitative estimate of drug-likeness (QED) is 0.287. The summed E-state index contributed by atoms with van der Waals surface area (Å²) in [6.45, 7) is 0.542. The van der Waals surface area contributed by atoms with Crippen LogP contribution >= 0.6 is 0 Å². The van der Waals surface area contributed by atoms with Gasteiger partial charge in [0.05, 0.1) is 4.92 Å². The van der Waals surface area contributed by atoms with E-state index in [1.807, 2.05) is 30.3 Å². The predicted octanol–water partition coefficient (Wildman–Crippen LogP) is 2.65. The number of hydrogen-bond donors (Lipinski definition) is 2. The lowest BCUT2D eigenvalue weighted by atomic mass is 10.2. The normalized spacial score (nSPS) is 10.1. The van der Waals surface area contributed by atoms with E-state index in [2.05, 4.69) is 10.6 Å². The molecular weight excluding hydrogens is 350 g/mol. The number of carbonyl (C=O) groups excluding carboxylic acids is 2. The molecule has 0 bridgehead atoms. The summed E-state index contributed by atoms with van der Waals surface area (Å²) in [4.78, 5) is 33.5. The fourth-order valence-electron chi connectivity index (χ4n) is 2.23. The maximum Gasteiger partial charge on any atom is 0.325 e. The largest absolute Gasteiger partial charge is 0.460 e. The number of nitrogens with one attached hydrogen (secondary N) is 2. The monoisotopic (exact) mass is 371 g/mol. The molecule has 0 radical (unpaired) electrons. The van der Waals surface area contributed by atoms with Crippen molar-refractivity contribution in [1.29, 1.82) is 0 Å². The maximum absolute atomic E-state index is 11.7. The second kappa shape index (κ2) is 10.5. The Morgan fingerprint density at radius 3 is 2.41 bits per heavy atom. The van der Waals surface area contributed by atoms with E-state index in [-0.39, 0.29) is 31.2 Å². The minimum absolute atomic E-state index is 0.0269. The first kappa shape index (κ1) is 19.9. The van der Waals surface area contributed by atoms with Crippen LogP contribution in [0.15, 0.2) is 54.6 Å². The summed E-state index contributed by atoms with van der Waals surface area (Å²) >= 11 is 0. The summed E-state index contributed by atoms with van der Waals surface area (Å²) in [6.07, 6.45) is 0.813. The van der Waals surface area contributed by atoms with E-state index in [0.29, 0.717) is 13.0 Å². The number of anilines is 1. The van der Waals surface area contributed by atoms with Crippen molar-refractivity contribution in [3.63, 3.8) is 0 Å². The average Bonchev–Trinajstić information content (AvgIpc) is 2.69. The van der Waals surface area contributed by atoms with Gasteiger partial charge in [-0.25, -0.2) is 0 Å². The number of rotatable bonds is 10. The number of ether oxygens (including phenoxy) is 1. The lowest BCUT2D eigenvalue weighted by Gasteiger charge is -2.08. The molecule has 8 heteroatoms. The standard InChI is InChI=1S/C19H21N3O5/c23-18(21-13-19(24)27-14-15-5-2-1-3-6-15)7-4-12-20-16-8-10-17(11-9-16)22(25)26/h1-3,5-6,8-11,20H,4,7,12-14H2,(H,21,23). The Bertz CT molecular complexity index is 763. The van der Waals surface area contributed by atoms with Gasteiger partial charge < -0.3 is 15.4 Å². The second-order valence-electron chi connectivity index (χ2n) is 5.76. The molecule has 142 valence electrons. The predicted molar refractivity (Wildman–Crippen MR) is 100 cm³/mol. The highest BCUT2D eigenvalue weighted by molar-refractivity contribution is 5.81. The number of esters is 1. The third kappa shape index (κ3) is 7.55. The fourth-order valence-corrected chi connectivity index (χ4v) is 2.23. The highest BCUT2D eigenvalue weighted by Gasteiger charge is 2.07. The number of nitrogens with zero attached hydrogens (tertiary/aromatic N) is 1. The smallest absolute Gasteiger partial charge is 0.325 e. The van der Waals surface area contributed by atoms with Gasteiger partial charge >= 0.3 is 5.97 Å². The molecule has 2 aromatic carbocycles. The molecule has 0 saturated heterocycles. The van der Waals surface area contributed by atoms with Crippen LogP contribution in [0.3, 0.4) is 0 Å². The zero-order chi connectivity index (χ0) is 19.5. The molecule has 0 heterocycles. The van der Waals surface area contributed by atoms with E-state index in [4.69, 9.17) is 4.74 Å². The Kier molecular flexibility index (Phi) is 7.77. The Morgan fingerprint density at radius 2 is 1.74 bits per heavy atom. The molecule has 0 aliphatic carbocycles. The first-order chi connectivity index (χ1) is 13.0. The van der Waals surface area contributed by atoms with Gasteiger partial charge in [0.2, 0.25) is 5.91 Å². The van der Waals surface area contributed by atoms with Crippen molar-refractivity contribution in [2.45, 2.75) is 19.4 Å². The molecule has 0 aliphatic rings. The zero-order valence-corrected chi connectivity index (χ0v) is 14.7. The van der Waals surface area contributed by atoms with E-state index in [9.17, 15) is 19.7 Å². The van der Waals surface area contributed by atoms with Crippen molar-refractivity contribution in [1.82, 2.24) is 5.32 Å². The molecule has 2 rings (SSSR count). The van der Waals surface area contributed by atoms with Crippen LogP contribution in [-0.4, -0.2) is 29.9 Å². The van der Waals surface area contributed by atoms with Crippen molar-refractivity contribution in [3.05, 3.63) is 70.3 Å². The third-order valence-corrected chi connectivity index (χ3v) is 3.66. The molecule has 0 spiro atoms. The number of benzene rings is 2. The van der Waals surface area contributed by atoms with Gasteiger partial charge in [0, 0.05) is 30.8 Å². The van der Waals surface area contributed by atoms with Crippen LogP contribution in [-0.2, 0) is 20.9 Å². The van der Waals surface area contributed by atoms with Crippen molar-refractivity contribution >= 4 is 23.3 Å². The maximum atomic E-state index is 11.7. The highest BCUT2D eigenvalue weighted by Crippen LogP contribution is 2.15. The number of non-ortho nitro benzene ring substituents is 1. The summed E-state index contributed by atoms with van der Waals surface area (Å²) in [7, 11) is 0. The Hall–Kier alpha value is -3.42. The van der Waals surface area contributed by atoms with E-state index in [0.717, 1.165) is 11.3 Å². The lowest BCUT2D eigenvalue weighted by molar-refractivity contribution is -0.384. The van der Waals surface area contributed by atoms with Crippen molar-refractivity contribution < 1.29 is 19.2 Å². The summed E-state index contributed by atoms with van der Waals surface area (Å²) in [5, 5.41) is 16.2. The van der Waals surface area contributed by atoms with Gasteiger partial charge in [-0.1, -0.05) is 30.3 Å². The minimum Gasteiger partial charge on any atom is -0.460 e. The molecule has 2 aromatic rings. The molecule has 27 heavy (non-hydrogen) atoms.